The van der Waals surface area contributed by atoms with Crippen LogP contribution in [0.4, 0.5) is 0 Å². The normalized spacial score (nSPS) is 15.2. The number of nitrogens with one attached hydrogen (secondary N) is 1. The molecule has 5 nitrogen and oxygen atoms in total. The van der Waals surface area contributed by atoms with Crippen molar-refractivity contribution < 1.29 is 9.59 Å². The van der Waals surface area contributed by atoms with Gasteiger partial charge in [0.15, 0.2) is 0 Å². The van der Waals surface area contributed by atoms with E-state index < -0.39 is 0 Å². The number of likely N-dealkylation sites (tertiary alicyclic amines) is 1. The molecule has 1 atom stereocenters. The molecule has 0 aliphatic carbocycles. The minimum absolute atomic E-state index is 0.0381. The average molecular weight is 476 g/mol. The van der Waals surface area contributed by atoms with Gasteiger partial charge in [0, 0.05) is 31.1 Å². The molecule has 0 bridgehead atoms. The molecule has 4 rings (SSSR count). The maximum Gasteiger partial charge on any atom is 0.265 e. The number of aromatic nitrogens is 1. The van der Waals surface area contributed by atoms with E-state index in [0.717, 1.165) is 46.8 Å². The predicted molar refractivity (Wildman–Crippen MR) is 138 cm³/mol. The Morgan fingerprint density at radius 3 is 2.38 bits per heavy atom. The fraction of sp³-hybridized carbons (Fsp3) is 0.393. The number of thiazole rings is 1. The van der Waals surface area contributed by atoms with Gasteiger partial charge in [-0.05, 0) is 44.1 Å². The molecular weight excluding hydrogens is 442 g/mol. The third-order valence-corrected chi connectivity index (χ3v) is 7.94. The van der Waals surface area contributed by atoms with Gasteiger partial charge in [0.2, 0.25) is 5.91 Å². The largest absolute Gasteiger partial charge is 0.356 e. The Morgan fingerprint density at radius 2 is 1.71 bits per heavy atom. The third-order valence-electron chi connectivity index (χ3n) is 6.74. The first-order valence-electron chi connectivity index (χ1n) is 12.2. The lowest BCUT2D eigenvalue weighted by Crippen LogP contribution is -2.42. The second kappa shape index (κ2) is 11.4. The van der Waals surface area contributed by atoms with E-state index in [9.17, 15) is 9.59 Å². The van der Waals surface area contributed by atoms with E-state index >= 15 is 0 Å². The summed E-state index contributed by atoms with van der Waals surface area (Å²) in [6.45, 7) is 6.01. The Kier molecular flexibility index (Phi) is 8.12. The van der Waals surface area contributed by atoms with Crippen LogP contribution in [0.3, 0.4) is 0 Å². The topological polar surface area (TPSA) is 62.3 Å². The second-order valence-corrected chi connectivity index (χ2v) is 10.1. The van der Waals surface area contributed by atoms with Crippen molar-refractivity contribution in [1.29, 1.82) is 0 Å². The molecule has 178 valence electrons. The van der Waals surface area contributed by atoms with Crippen molar-refractivity contribution in [2.45, 2.75) is 39.5 Å². The van der Waals surface area contributed by atoms with Crippen molar-refractivity contribution in [3.05, 3.63) is 76.8 Å². The molecule has 1 aliphatic heterocycles. The van der Waals surface area contributed by atoms with E-state index in [1.54, 1.807) is 0 Å². The highest BCUT2D eigenvalue weighted by molar-refractivity contribution is 7.17. The number of hydrogen-bond donors (Lipinski definition) is 1. The zero-order valence-electron chi connectivity index (χ0n) is 20.0. The van der Waals surface area contributed by atoms with E-state index in [4.69, 9.17) is 0 Å². The quantitative estimate of drug-likeness (QED) is 0.447. The molecule has 2 aromatic carbocycles. The van der Waals surface area contributed by atoms with E-state index in [-0.39, 0.29) is 17.7 Å². The molecular formula is C28H33N3O2S. The molecule has 0 radical (unpaired) electrons. The van der Waals surface area contributed by atoms with Crippen LogP contribution in [0.2, 0.25) is 0 Å². The summed E-state index contributed by atoms with van der Waals surface area (Å²) < 4.78 is 0. The number of carbonyl (C=O) groups is 2. The second-order valence-electron chi connectivity index (χ2n) is 9.10. The molecule has 2 amide bonds. The Bertz CT molecular complexity index is 1090. The highest BCUT2D eigenvalue weighted by atomic mass is 32.1. The Morgan fingerprint density at radius 1 is 1.06 bits per heavy atom. The van der Waals surface area contributed by atoms with Crippen molar-refractivity contribution in [3.8, 4) is 10.6 Å². The van der Waals surface area contributed by atoms with Crippen LogP contribution in [0.25, 0.3) is 10.6 Å². The van der Waals surface area contributed by atoms with Gasteiger partial charge in [-0.25, -0.2) is 4.98 Å². The van der Waals surface area contributed by atoms with Crippen LogP contribution in [0.5, 0.6) is 0 Å². The smallest absolute Gasteiger partial charge is 0.265 e. The van der Waals surface area contributed by atoms with E-state index in [0.29, 0.717) is 25.6 Å². The summed E-state index contributed by atoms with van der Waals surface area (Å²) >= 11 is 1.47. The van der Waals surface area contributed by atoms with Crippen LogP contribution in [-0.2, 0) is 11.2 Å². The summed E-state index contributed by atoms with van der Waals surface area (Å²) in [6.07, 6.45) is 3.62. The molecule has 1 fully saturated rings. The van der Waals surface area contributed by atoms with Gasteiger partial charge in [-0.1, -0.05) is 67.6 Å². The first-order valence-corrected chi connectivity index (χ1v) is 13.0. The standard InChI is InChI=1S/C28H33N3O2S/c1-20(26(32)29-17-9-12-22-10-5-3-6-11-22)23-15-18-31(19-16-23)28(33)25-21(2)30-27(34-25)24-13-7-4-8-14-24/h3-8,10-11,13-14,20,23H,9,12,15-19H2,1-2H3,(H,29,32). The summed E-state index contributed by atoms with van der Waals surface area (Å²) in [7, 11) is 0. The summed E-state index contributed by atoms with van der Waals surface area (Å²) in [5, 5.41) is 3.99. The van der Waals surface area contributed by atoms with Crippen LogP contribution in [-0.4, -0.2) is 41.3 Å². The van der Waals surface area contributed by atoms with Crippen LogP contribution >= 0.6 is 11.3 Å². The van der Waals surface area contributed by atoms with Crippen molar-refractivity contribution >= 4 is 23.2 Å². The fourth-order valence-corrected chi connectivity index (χ4v) is 5.61. The zero-order valence-corrected chi connectivity index (χ0v) is 20.8. The third kappa shape index (κ3) is 5.92. The molecule has 6 heteroatoms. The van der Waals surface area contributed by atoms with Crippen molar-refractivity contribution in [1.82, 2.24) is 15.2 Å². The number of amides is 2. The molecule has 1 unspecified atom stereocenters. The Hall–Kier alpha value is -2.99. The molecule has 34 heavy (non-hydrogen) atoms. The molecule has 0 spiro atoms. The van der Waals surface area contributed by atoms with Gasteiger partial charge in [-0.15, -0.1) is 11.3 Å². The Balaban J connectivity index is 1.24. The van der Waals surface area contributed by atoms with Gasteiger partial charge in [-0.3, -0.25) is 9.59 Å². The zero-order chi connectivity index (χ0) is 23.9. The molecule has 1 saturated heterocycles. The summed E-state index contributed by atoms with van der Waals surface area (Å²) in [5.74, 6) is 0.460. The number of benzene rings is 2. The number of aryl methyl sites for hydroxylation is 2. The molecule has 1 aliphatic rings. The number of piperidine rings is 1. The first kappa shape index (κ1) is 24.1. The van der Waals surface area contributed by atoms with Gasteiger partial charge in [0.25, 0.3) is 5.91 Å². The van der Waals surface area contributed by atoms with E-state index in [1.807, 2.05) is 67.3 Å². The predicted octanol–water partition coefficient (Wildman–Crippen LogP) is 5.36. The monoisotopic (exact) mass is 475 g/mol. The van der Waals surface area contributed by atoms with Crippen LogP contribution in [0, 0.1) is 18.8 Å². The van der Waals surface area contributed by atoms with Gasteiger partial charge in [-0.2, -0.15) is 0 Å². The van der Waals surface area contributed by atoms with Crippen LogP contribution < -0.4 is 5.32 Å². The molecule has 0 saturated carbocycles. The highest BCUT2D eigenvalue weighted by Gasteiger charge is 2.31. The lowest BCUT2D eigenvalue weighted by molar-refractivity contribution is -0.126. The van der Waals surface area contributed by atoms with Crippen molar-refractivity contribution in [2.75, 3.05) is 19.6 Å². The number of rotatable bonds is 8. The number of carbonyl (C=O) groups excluding carboxylic acids is 2. The van der Waals surface area contributed by atoms with Gasteiger partial charge < -0.3 is 10.2 Å². The lowest BCUT2D eigenvalue weighted by atomic mass is 9.84. The SMILES string of the molecule is Cc1nc(-c2ccccc2)sc1C(=O)N1CCC(C(C)C(=O)NCCCc2ccccc2)CC1. The summed E-state index contributed by atoms with van der Waals surface area (Å²) in [6, 6.07) is 20.3. The minimum Gasteiger partial charge on any atom is -0.356 e. The fourth-order valence-electron chi connectivity index (χ4n) is 4.57. The minimum atomic E-state index is -0.0381. The average Bonchev–Trinajstić information content (AvgIpc) is 3.28. The van der Waals surface area contributed by atoms with Gasteiger partial charge >= 0.3 is 0 Å². The number of nitrogens with zero attached hydrogens (tertiary/aromatic N) is 2. The lowest BCUT2D eigenvalue weighted by Gasteiger charge is -2.34. The summed E-state index contributed by atoms with van der Waals surface area (Å²) in [4.78, 5) is 33.1. The number of hydrogen-bond acceptors (Lipinski definition) is 4. The molecule has 1 aromatic heterocycles. The molecule has 2 heterocycles. The van der Waals surface area contributed by atoms with Gasteiger partial charge in [0.05, 0.1) is 5.69 Å². The molecule has 3 aromatic rings. The first-order chi connectivity index (χ1) is 16.5. The van der Waals surface area contributed by atoms with E-state index in [2.05, 4.69) is 22.4 Å². The van der Waals surface area contributed by atoms with Crippen LogP contribution in [0.1, 0.15) is 47.1 Å². The summed E-state index contributed by atoms with van der Waals surface area (Å²) in [5.41, 5.74) is 3.13. The maximum absolute atomic E-state index is 13.2. The van der Waals surface area contributed by atoms with Crippen molar-refractivity contribution in [3.63, 3.8) is 0 Å². The van der Waals surface area contributed by atoms with Gasteiger partial charge in [0.1, 0.15) is 9.88 Å². The molecule has 1 N–H and O–H groups in total. The maximum atomic E-state index is 13.2. The van der Waals surface area contributed by atoms with Crippen molar-refractivity contribution in [2.24, 2.45) is 11.8 Å². The van der Waals surface area contributed by atoms with E-state index in [1.165, 1.54) is 16.9 Å². The highest BCUT2D eigenvalue weighted by Crippen LogP contribution is 2.31. The van der Waals surface area contributed by atoms with Crippen LogP contribution in [0.15, 0.2) is 60.7 Å². The Labute approximate surface area is 206 Å².